The summed E-state index contributed by atoms with van der Waals surface area (Å²) < 4.78 is 0. The second-order valence-electron chi connectivity index (χ2n) is 5.49. The van der Waals surface area contributed by atoms with Gasteiger partial charge in [0.05, 0.1) is 27.3 Å². The predicted octanol–water partition coefficient (Wildman–Crippen LogP) is 4.32. The van der Waals surface area contributed by atoms with Crippen LogP contribution in [-0.4, -0.2) is 23.9 Å². The zero-order chi connectivity index (χ0) is 17.7. The molecule has 24 heavy (non-hydrogen) atoms. The van der Waals surface area contributed by atoms with Crippen molar-refractivity contribution >= 4 is 34.8 Å². The number of rotatable bonds is 5. The number of nitriles is 1. The van der Waals surface area contributed by atoms with E-state index in [1.54, 1.807) is 36.4 Å². The lowest BCUT2D eigenvalue weighted by Crippen LogP contribution is -2.39. The van der Waals surface area contributed by atoms with Crippen LogP contribution in [0.2, 0.25) is 10.0 Å². The molecule has 2 rings (SSSR count). The molecule has 1 unspecified atom stereocenters. The largest absolute Gasteiger partial charge is 0.324 e. The smallest absolute Gasteiger partial charge is 0.241 e. The maximum absolute atomic E-state index is 12.4. The van der Waals surface area contributed by atoms with E-state index in [9.17, 15) is 4.79 Å². The fraction of sp³-hybridized carbons (Fsp3) is 0.222. The van der Waals surface area contributed by atoms with Crippen molar-refractivity contribution in [1.82, 2.24) is 4.90 Å². The van der Waals surface area contributed by atoms with Crippen LogP contribution in [0.25, 0.3) is 0 Å². The first-order valence-electron chi connectivity index (χ1n) is 7.36. The van der Waals surface area contributed by atoms with Gasteiger partial charge in [-0.05, 0) is 43.8 Å². The number of nitrogens with one attached hydrogen (secondary N) is 1. The van der Waals surface area contributed by atoms with Gasteiger partial charge < -0.3 is 5.32 Å². The molecule has 0 heterocycles. The highest BCUT2D eigenvalue weighted by molar-refractivity contribution is 6.42. The Labute approximate surface area is 151 Å². The van der Waals surface area contributed by atoms with Gasteiger partial charge in [0.25, 0.3) is 0 Å². The molecule has 0 radical (unpaired) electrons. The third-order valence-electron chi connectivity index (χ3n) is 3.76. The molecule has 1 N–H and O–H groups in total. The number of anilines is 1. The Kier molecular flexibility index (Phi) is 6.22. The highest BCUT2D eigenvalue weighted by atomic mass is 35.5. The first kappa shape index (κ1) is 18.3. The van der Waals surface area contributed by atoms with Crippen LogP contribution in [0.15, 0.2) is 42.5 Å². The van der Waals surface area contributed by atoms with Gasteiger partial charge in [0.1, 0.15) is 6.07 Å². The van der Waals surface area contributed by atoms with Crippen LogP contribution in [0.1, 0.15) is 18.1 Å². The summed E-state index contributed by atoms with van der Waals surface area (Å²) in [5, 5.41) is 12.9. The molecular weight excluding hydrogens is 345 g/mol. The fourth-order valence-electron chi connectivity index (χ4n) is 2.19. The quantitative estimate of drug-likeness (QED) is 0.862. The average Bonchev–Trinajstić information content (AvgIpc) is 2.57. The third kappa shape index (κ3) is 4.48. The fourth-order valence-corrected chi connectivity index (χ4v) is 2.51. The van der Waals surface area contributed by atoms with E-state index in [2.05, 4.69) is 11.4 Å². The van der Waals surface area contributed by atoms with Crippen molar-refractivity contribution in [3.63, 3.8) is 0 Å². The van der Waals surface area contributed by atoms with Crippen molar-refractivity contribution in [2.45, 2.75) is 19.5 Å². The number of para-hydroxylation sites is 1. The van der Waals surface area contributed by atoms with Gasteiger partial charge in [-0.25, -0.2) is 0 Å². The number of carbonyl (C=O) groups is 1. The number of carbonyl (C=O) groups excluding carboxylic acids is 1. The summed E-state index contributed by atoms with van der Waals surface area (Å²) in [5.74, 6) is -0.180. The highest BCUT2D eigenvalue weighted by Gasteiger charge is 2.19. The van der Waals surface area contributed by atoms with Gasteiger partial charge in [0.2, 0.25) is 5.91 Å². The van der Waals surface area contributed by atoms with E-state index in [0.29, 0.717) is 27.8 Å². The predicted molar refractivity (Wildman–Crippen MR) is 97.2 cm³/mol. The number of amides is 1. The Balaban J connectivity index is 2.04. The molecule has 2 aromatic carbocycles. The van der Waals surface area contributed by atoms with Crippen LogP contribution in [-0.2, 0) is 11.3 Å². The molecule has 1 amide bonds. The maximum Gasteiger partial charge on any atom is 0.241 e. The lowest BCUT2D eigenvalue weighted by atomic mass is 10.1. The summed E-state index contributed by atoms with van der Waals surface area (Å²) in [6.07, 6.45) is 0. The van der Waals surface area contributed by atoms with E-state index in [1.807, 2.05) is 24.9 Å². The molecule has 124 valence electrons. The van der Waals surface area contributed by atoms with Gasteiger partial charge in [-0.1, -0.05) is 41.4 Å². The first-order chi connectivity index (χ1) is 11.4. The van der Waals surface area contributed by atoms with E-state index >= 15 is 0 Å². The lowest BCUT2D eigenvalue weighted by molar-refractivity contribution is -0.120. The summed E-state index contributed by atoms with van der Waals surface area (Å²) in [6, 6.07) is 14.0. The van der Waals surface area contributed by atoms with E-state index in [0.717, 1.165) is 5.56 Å². The summed E-state index contributed by atoms with van der Waals surface area (Å²) in [5.41, 5.74) is 1.91. The lowest BCUT2D eigenvalue weighted by Gasteiger charge is -2.24. The van der Waals surface area contributed by atoms with Crippen LogP contribution in [0.4, 0.5) is 5.69 Å². The van der Waals surface area contributed by atoms with Crippen molar-refractivity contribution in [3.8, 4) is 6.07 Å². The molecule has 0 aliphatic rings. The maximum atomic E-state index is 12.4. The number of halogens is 2. The Morgan fingerprint density at radius 3 is 2.62 bits per heavy atom. The molecule has 0 saturated carbocycles. The summed E-state index contributed by atoms with van der Waals surface area (Å²) in [4.78, 5) is 14.3. The highest BCUT2D eigenvalue weighted by Crippen LogP contribution is 2.23. The van der Waals surface area contributed by atoms with Crippen LogP contribution >= 0.6 is 23.2 Å². The minimum Gasteiger partial charge on any atom is -0.324 e. The molecule has 6 heteroatoms. The molecule has 0 aromatic heterocycles. The minimum absolute atomic E-state index is 0.180. The summed E-state index contributed by atoms with van der Waals surface area (Å²) in [7, 11) is 1.85. The van der Waals surface area contributed by atoms with E-state index in [-0.39, 0.29) is 11.9 Å². The monoisotopic (exact) mass is 361 g/mol. The van der Waals surface area contributed by atoms with Crippen LogP contribution in [0.5, 0.6) is 0 Å². The number of nitrogens with zero attached hydrogens (tertiary/aromatic N) is 2. The molecule has 4 nitrogen and oxygen atoms in total. The Bertz CT molecular complexity index is 786. The van der Waals surface area contributed by atoms with Crippen molar-refractivity contribution in [2.75, 3.05) is 12.4 Å². The molecular formula is C18H17Cl2N3O. The second kappa shape index (κ2) is 8.16. The summed E-state index contributed by atoms with van der Waals surface area (Å²) >= 11 is 11.9. The molecule has 0 aliphatic carbocycles. The Hall–Kier alpha value is -2.06. The van der Waals surface area contributed by atoms with Gasteiger partial charge in [0.15, 0.2) is 0 Å². The topological polar surface area (TPSA) is 56.1 Å². The molecule has 0 fully saturated rings. The SMILES string of the molecule is CC(C(=O)Nc1ccccc1C#N)N(C)Cc1ccc(Cl)c(Cl)c1. The number of hydrogen-bond acceptors (Lipinski definition) is 3. The molecule has 0 saturated heterocycles. The minimum atomic E-state index is -0.383. The molecule has 2 aromatic rings. The zero-order valence-electron chi connectivity index (χ0n) is 13.4. The van der Waals surface area contributed by atoms with Crippen molar-refractivity contribution in [1.29, 1.82) is 5.26 Å². The van der Waals surface area contributed by atoms with Crippen LogP contribution < -0.4 is 5.32 Å². The van der Waals surface area contributed by atoms with Gasteiger partial charge in [-0.2, -0.15) is 5.26 Å². The van der Waals surface area contributed by atoms with Gasteiger partial charge >= 0.3 is 0 Å². The number of benzene rings is 2. The first-order valence-corrected chi connectivity index (χ1v) is 8.12. The van der Waals surface area contributed by atoms with E-state index in [1.165, 1.54) is 0 Å². The number of likely N-dealkylation sites (N-methyl/N-ethyl adjacent to an activating group) is 1. The Morgan fingerprint density at radius 2 is 1.96 bits per heavy atom. The van der Waals surface area contributed by atoms with Crippen LogP contribution in [0, 0.1) is 11.3 Å². The molecule has 0 bridgehead atoms. The van der Waals surface area contributed by atoms with Crippen molar-refractivity contribution in [2.24, 2.45) is 0 Å². The van der Waals surface area contributed by atoms with Crippen LogP contribution in [0.3, 0.4) is 0 Å². The normalized spacial score (nSPS) is 11.8. The van der Waals surface area contributed by atoms with Gasteiger partial charge in [0, 0.05) is 6.54 Å². The van der Waals surface area contributed by atoms with Gasteiger partial charge in [-0.15, -0.1) is 0 Å². The third-order valence-corrected chi connectivity index (χ3v) is 4.50. The number of hydrogen-bond donors (Lipinski definition) is 1. The Morgan fingerprint density at radius 1 is 1.25 bits per heavy atom. The second-order valence-corrected chi connectivity index (χ2v) is 6.30. The molecule has 0 spiro atoms. The van der Waals surface area contributed by atoms with Crippen molar-refractivity contribution in [3.05, 3.63) is 63.6 Å². The average molecular weight is 362 g/mol. The van der Waals surface area contributed by atoms with E-state index in [4.69, 9.17) is 28.5 Å². The van der Waals surface area contributed by atoms with E-state index < -0.39 is 0 Å². The molecule has 0 aliphatic heterocycles. The van der Waals surface area contributed by atoms with Gasteiger partial charge in [-0.3, -0.25) is 9.69 Å². The summed E-state index contributed by atoms with van der Waals surface area (Å²) in [6.45, 7) is 2.35. The standard InChI is InChI=1S/C18H17Cl2N3O/c1-12(18(24)22-17-6-4-3-5-14(17)10-21)23(2)11-13-7-8-15(19)16(20)9-13/h3-9,12H,11H2,1-2H3,(H,22,24). The zero-order valence-corrected chi connectivity index (χ0v) is 14.9. The molecule has 1 atom stereocenters. The van der Waals surface area contributed by atoms with Crippen molar-refractivity contribution < 1.29 is 4.79 Å².